The lowest BCUT2D eigenvalue weighted by Crippen LogP contribution is -2.44. The fourth-order valence-corrected chi connectivity index (χ4v) is 1.57. The molecule has 0 aliphatic carbocycles. The lowest BCUT2D eigenvalue weighted by Gasteiger charge is -2.21. The summed E-state index contributed by atoms with van der Waals surface area (Å²) in [6.45, 7) is 5.67. The Morgan fingerprint density at radius 3 is 2.65 bits per heavy atom. The lowest BCUT2D eigenvalue weighted by atomic mass is 10.1. The molecule has 0 aromatic heterocycles. The number of carbonyl (C=O) groups is 1. The van der Waals surface area contributed by atoms with E-state index in [0.29, 0.717) is 10.8 Å². The number of hydrazine groups is 1. The number of carbonyl (C=O) groups excluding carboxylic acids is 1. The fourth-order valence-electron chi connectivity index (χ4n) is 1.41. The number of nitrogens with one attached hydrogen (secondary N) is 1. The second kappa shape index (κ2) is 5.89. The first kappa shape index (κ1) is 13.8. The molecule has 1 unspecified atom stereocenters. The highest BCUT2D eigenvalue weighted by molar-refractivity contribution is 6.30. The van der Waals surface area contributed by atoms with E-state index in [2.05, 4.69) is 5.43 Å². The first-order valence-corrected chi connectivity index (χ1v) is 5.76. The third kappa shape index (κ3) is 3.61. The number of hydrogen-bond donors (Lipinski definition) is 2. The van der Waals surface area contributed by atoms with Crippen LogP contribution in [0.3, 0.4) is 0 Å². The van der Waals surface area contributed by atoms with Gasteiger partial charge in [0.05, 0.1) is 0 Å². The SMILES string of the molecule is Cc1ccc(Cl)cc1OC(C(=O)NN)C(C)C. The Hall–Kier alpha value is -1.26. The van der Waals surface area contributed by atoms with Crippen molar-refractivity contribution < 1.29 is 9.53 Å². The fraction of sp³-hybridized carbons (Fsp3) is 0.417. The van der Waals surface area contributed by atoms with Crippen LogP contribution in [-0.4, -0.2) is 12.0 Å². The maximum atomic E-state index is 11.6. The predicted molar refractivity (Wildman–Crippen MR) is 67.8 cm³/mol. The maximum Gasteiger partial charge on any atom is 0.275 e. The molecule has 5 heteroatoms. The van der Waals surface area contributed by atoms with Gasteiger partial charge >= 0.3 is 0 Å². The molecule has 1 aromatic rings. The highest BCUT2D eigenvalue weighted by atomic mass is 35.5. The van der Waals surface area contributed by atoms with Crippen molar-refractivity contribution in [1.82, 2.24) is 5.43 Å². The first-order chi connectivity index (χ1) is 7.95. The van der Waals surface area contributed by atoms with Crippen molar-refractivity contribution in [2.45, 2.75) is 26.9 Å². The van der Waals surface area contributed by atoms with Gasteiger partial charge in [-0.1, -0.05) is 31.5 Å². The standard InChI is InChI=1S/C12H17ClN2O2/c1-7(2)11(12(16)15-14)17-10-6-9(13)5-4-8(10)3/h4-7,11H,14H2,1-3H3,(H,15,16). The van der Waals surface area contributed by atoms with Gasteiger partial charge in [0.15, 0.2) is 6.10 Å². The van der Waals surface area contributed by atoms with E-state index in [-0.39, 0.29) is 11.8 Å². The van der Waals surface area contributed by atoms with Gasteiger partial charge in [0, 0.05) is 5.02 Å². The van der Waals surface area contributed by atoms with Gasteiger partial charge in [-0.2, -0.15) is 0 Å². The van der Waals surface area contributed by atoms with Gasteiger partial charge in [0.1, 0.15) is 5.75 Å². The van der Waals surface area contributed by atoms with Crippen LogP contribution in [0.1, 0.15) is 19.4 Å². The predicted octanol–water partition coefficient (Wildman–Crippen LogP) is 2.04. The summed E-state index contributed by atoms with van der Waals surface area (Å²) in [6.07, 6.45) is -0.628. The van der Waals surface area contributed by atoms with Crippen LogP contribution in [0.15, 0.2) is 18.2 Å². The Balaban J connectivity index is 2.93. The molecular formula is C12H17ClN2O2. The van der Waals surface area contributed by atoms with E-state index in [4.69, 9.17) is 22.2 Å². The lowest BCUT2D eigenvalue weighted by molar-refractivity contribution is -0.129. The van der Waals surface area contributed by atoms with Gasteiger partial charge in [-0.3, -0.25) is 10.2 Å². The summed E-state index contributed by atoms with van der Waals surface area (Å²) < 4.78 is 5.66. The van der Waals surface area contributed by atoms with Gasteiger partial charge in [0.25, 0.3) is 5.91 Å². The van der Waals surface area contributed by atoms with Crippen LogP contribution >= 0.6 is 11.6 Å². The van der Waals surface area contributed by atoms with Crippen molar-refractivity contribution in [2.24, 2.45) is 11.8 Å². The zero-order valence-electron chi connectivity index (χ0n) is 10.2. The second-order valence-corrected chi connectivity index (χ2v) is 4.64. The number of ether oxygens (including phenoxy) is 1. The van der Waals surface area contributed by atoms with E-state index in [0.717, 1.165) is 5.56 Å². The number of benzene rings is 1. The summed E-state index contributed by atoms with van der Waals surface area (Å²) in [7, 11) is 0. The van der Waals surface area contributed by atoms with Crippen LogP contribution in [0, 0.1) is 12.8 Å². The Morgan fingerprint density at radius 2 is 2.12 bits per heavy atom. The van der Waals surface area contributed by atoms with E-state index in [9.17, 15) is 4.79 Å². The Bertz CT molecular complexity index is 407. The minimum absolute atomic E-state index is 0.0110. The largest absolute Gasteiger partial charge is 0.480 e. The summed E-state index contributed by atoms with van der Waals surface area (Å²) in [6, 6.07) is 5.31. The monoisotopic (exact) mass is 256 g/mol. The number of amides is 1. The Morgan fingerprint density at radius 1 is 1.47 bits per heavy atom. The minimum atomic E-state index is -0.628. The number of hydrogen-bond acceptors (Lipinski definition) is 3. The number of rotatable bonds is 4. The molecule has 1 rings (SSSR count). The molecule has 1 aromatic carbocycles. The molecule has 0 aliphatic heterocycles. The van der Waals surface area contributed by atoms with Crippen molar-refractivity contribution in [2.75, 3.05) is 0 Å². The molecule has 0 aliphatic rings. The summed E-state index contributed by atoms with van der Waals surface area (Å²) >= 11 is 5.89. The highest BCUT2D eigenvalue weighted by Crippen LogP contribution is 2.25. The molecule has 4 nitrogen and oxygen atoms in total. The van der Waals surface area contributed by atoms with E-state index in [1.165, 1.54) is 0 Å². The van der Waals surface area contributed by atoms with Crippen LogP contribution in [0.25, 0.3) is 0 Å². The Kier molecular flexibility index (Phi) is 4.78. The Labute approximate surface area is 106 Å². The molecular weight excluding hydrogens is 240 g/mol. The third-order valence-electron chi connectivity index (χ3n) is 2.41. The molecule has 17 heavy (non-hydrogen) atoms. The average molecular weight is 257 g/mol. The highest BCUT2D eigenvalue weighted by Gasteiger charge is 2.24. The smallest absolute Gasteiger partial charge is 0.275 e. The van der Waals surface area contributed by atoms with Crippen molar-refractivity contribution in [3.05, 3.63) is 28.8 Å². The number of nitrogens with two attached hydrogens (primary N) is 1. The first-order valence-electron chi connectivity index (χ1n) is 5.39. The van der Waals surface area contributed by atoms with E-state index in [1.807, 2.05) is 26.8 Å². The van der Waals surface area contributed by atoms with Crippen molar-refractivity contribution >= 4 is 17.5 Å². The molecule has 0 fully saturated rings. The molecule has 94 valence electrons. The van der Waals surface area contributed by atoms with Gasteiger partial charge in [-0.05, 0) is 30.5 Å². The average Bonchev–Trinajstić information content (AvgIpc) is 2.28. The van der Waals surface area contributed by atoms with Crippen molar-refractivity contribution in [3.63, 3.8) is 0 Å². The number of halogens is 1. The molecule has 0 radical (unpaired) electrons. The minimum Gasteiger partial charge on any atom is -0.480 e. The zero-order valence-corrected chi connectivity index (χ0v) is 10.9. The van der Waals surface area contributed by atoms with Crippen LogP contribution in [0.5, 0.6) is 5.75 Å². The molecule has 0 heterocycles. The molecule has 0 bridgehead atoms. The molecule has 3 N–H and O–H groups in total. The summed E-state index contributed by atoms with van der Waals surface area (Å²) in [5, 5.41) is 0.571. The summed E-state index contributed by atoms with van der Waals surface area (Å²) in [5.74, 6) is 5.39. The van der Waals surface area contributed by atoms with Gasteiger partial charge in [0.2, 0.25) is 0 Å². The second-order valence-electron chi connectivity index (χ2n) is 4.20. The van der Waals surface area contributed by atoms with E-state index in [1.54, 1.807) is 12.1 Å². The number of aryl methyl sites for hydroxylation is 1. The van der Waals surface area contributed by atoms with Gasteiger partial charge < -0.3 is 4.74 Å². The van der Waals surface area contributed by atoms with Crippen LogP contribution in [0.4, 0.5) is 0 Å². The quantitative estimate of drug-likeness (QED) is 0.492. The van der Waals surface area contributed by atoms with Crippen LogP contribution in [-0.2, 0) is 4.79 Å². The van der Waals surface area contributed by atoms with E-state index >= 15 is 0 Å². The van der Waals surface area contributed by atoms with Crippen molar-refractivity contribution in [3.8, 4) is 5.75 Å². The van der Waals surface area contributed by atoms with E-state index < -0.39 is 6.10 Å². The van der Waals surface area contributed by atoms with Crippen LogP contribution < -0.4 is 16.0 Å². The van der Waals surface area contributed by atoms with Crippen molar-refractivity contribution in [1.29, 1.82) is 0 Å². The summed E-state index contributed by atoms with van der Waals surface area (Å²) in [4.78, 5) is 11.6. The normalized spacial score (nSPS) is 12.4. The van der Waals surface area contributed by atoms with Gasteiger partial charge in [-0.25, -0.2) is 5.84 Å². The molecule has 1 atom stereocenters. The van der Waals surface area contributed by atoms with Gasteiger partial charge in [-0.15, -0.1) is 0 Å². The third-order valence-corrected chi connectivity index (χ3v) is 2.65. The molecule has 1 amide bonds. The molecule has 0 saturated carbocycles. The topological polar surface area (TPSA) is 64.3 Å². The molecule has 0 saturated heterocycles. The van der Waals surface area contributed by atoms with Crippen LogP contribution in [0.2, 0.25) is 5.02 Å². The summed E-state index contributed by atoms with van der Waals surface area (Å²) in [5.41, 5.74) is 3.02. The molecule has 0 spiro atoms. The maximum absolute atomic E-state index is 11.6. The zero-order chi connectivity index (χ0) is 13.0.